The highest BCUT2D eigenvalue weighted by atomic mass is 127. The van der Waals surface area contributed by atoms with E-state index in [2.05, 4.69) is 27.6 Å². The molecule has 0 radical (unpaired) electrons. The summed E-state index contributed by atoms with van der Waals surface area (Å²) in [6.45, 7) is 3.70. The number of hydrogen-bond donors (Lipinski definition) is 0. The van der Waals surface area contributed by atoms with Crippen LogP contribution < -0.4 is 24.4 Å². The molecule has 0 N–H and O–H groups in total. The van der Waals surface area contributed by atoms with E-state index in [4.69, 9.17) is 14.2 Å². The van der Waals surface area contributed by atoms with Crippen LogP contribution >= 0.6 is 33.9 Å². The minimum Gasteiger partial charge on any atom is -0.497 e. The average Bonchev–Trinajstić information content (AvgIpc) is 3.12. The molecule has 0 aliphatic carbocycles. The molecular formula is C25H23IN2O5S. The number of esters is 1. The monoisotopic (exact) mass is 590 g/mol. The zero-order valence-electron chi connectivity index (χ0n) is 19.1. The van der Waals surface area contributed by atoms with Crippen molar-refractivity contribution in [3.63, 3.8) is 0 Å². The van der Waals surface area contributed by atoms with Crippen molar-refractivity contribution in [2.45, 2.75) is 19.9 Å². The Hall–Kier alpha value is -2.92. The fraction of sp³-hybridized carbons (Fsp3) is 0.240. The van der Waals surface area contributed by atoms with E-state index in [0.29, 0.717) is 37.7 Å². The number of methoxy groups -OCH3 is 2. The number of halogens is 1. The minimum atomic E-state index is -0.779. The molecule has 0 saturated carbocycles. The molecule has 176 valence electrons. The quantitative estimate of drug-likeness (QED) is 0.325. The first-order valence-electron chi connectivity index (χ1n) is 10.5. The summed E-state index contributed by atoms with van der Waals surface area (Å²) in [4.78, 5) is 31.9. The predicted molar refractivity (Wildman–Crippen MR) is 139 cm³/mol. The van der Waals surface area contributed by atoms with Crippen LogP contribution in [0.2, 0.25) is 0 Å². The lowest BCUT2D eigenvalue weighted by Crippen LogP contribution is -2.40. The SMILES string of the molecule is CCOC(=O)C1=C(C)N=c2s/c(=C/c3cccc(I)c3)c(=O)n2[C@H]1c1cc(OC)ccc1OC. The maximum Gasteiger partial charge on any atom is 0.338 e. The lowest BCUT2D eigenvalue weighted by Gasteiger charge is -2.26. The molecule has 1 aliphatic heterocycles. The lowest BCUT2D eigenvalue weighted by atomic mass is 9.94. The van der Waals surface area contributed by atoms with Gasteiger partial charge in [0, 0.05) is 9.13 Å². The van der Waals surface area contributed by atoms with E-state index in [1.807, 2.05) is 30.3 Å². The largest absolute Gasteiger partial charge is 0.497 e. The third-order valence-corrected chi connectivity index (χ3v) is 7.05. The number of allylic oxidation sites excluding steroid dienone is 1. The predicted octanol–water partition coefficient (Wildman–Crippen LogP) is 3.42. The number of carbonyl (C=O) groups is 1. The van der Waals surface area contributed by atoms with Gasteiger partial charge in [-0.15, -0.1) is 0 Å². The van der Waals surface area contributed by atoms with Gasteiger partial charge in [-0.25, -0.2) is 9.79 Å². The number of rotatable bonds is 6. The van der Waals surface area contributed by atoms with Crippen LogP contribution in [-0.2, 0) is 9.53 Å². The maximum atomic E-state index is 13.7. The Labute approximate surface area is 214 Å². The molecule has 1 aliphatic rings. The summed E-state index contributed by atoms with van der Waals surface area (Å²) in [5.74, 6) is 0.578. The molecule has 0 bridgehead atoms. The first-order chi connectivity index (χ1) is 16.4. The second-order valence-corrected chi connectivity index (χ2v) is 9.72. The summed E-state index contributed by atoms with van der Waals surface area (Å²) in [7, 11) is 3.11. The zero-order chi connectivity index (χ0) is 24.4. The van der Waals surface area contributed by atoms with Gasteiger partial charge in [-0.1, -0.05) is 23.5 Å². The van der Waals surface area contributed by atoms with E-state index >= 15 is 0 Å². The normalized spacial score (nSPS) is 15.6. The Morgan fingerprint density at radius 1 is 1.21 bits per heavy atom. The Balaban J connectivity index is 2.02. The number of nitrogens with zero attached hydrogens (tertiary/aromatic N) is 2. The summed E-state index contributed by atoms with van der Waals surface area (Å²) < 4.78 is 19.5. The van der Waals surface area contributed by atoms with Gasteiger partial charge in [0.25, 0.3) is 5.56 Å². The third-order valence-electron chi connectivity index (χ3n) is 5.39. The van der Waals surface area contributed by atoms with Crippen molar-refractivity contribution < 1.29 is 19.0 Å². The summed E-state index contributed by atoms with van der Waals surface area (Å²) in [5, 5.41) is 0. The van der Waals surface area contributed by atoms with Crippen LogP contribution in [0.25, 0.3) is 6.08 Å². The molecule has 7 nitrogen and oxygen atoms in total. The number of benzene rings is 2. The van der Waals surface area contributed by atoms with Crippen molar-refractivity contribution in [1.82, 2.24) is 4.57 Å². The lowest BCUT2D eigenvalue weighted by molar-refractivity contribution is -0.139. The van der Waals surface area contributed by atoms with Gasteiger partial charge in [0.15, 0.2) is 4.80 Å². The second-order valence-electron chi connectivity index (χ2n) is 7.47. The van der Waals surface area contributed by atoms with Gasteiger partial charge in [-0.2, -0.15) is 0 Å². The standard InChI is InChI=1S/C25H23IN2O5S/c1-5-33-24(30)21-14(2)27-25-28(22(21)18-13-17(31-3)9-10-19(18)32-4)23(29)20(34-25)12-15-7-6-8-16(26)11-15/h6-13,22H,5H2,1-4H3/b20-12+/t22-/m0/s1. The Kier molecular flexibility index (Phi) is 7.22. The van der Waals surface area contributed by atoms with Crippen LogP contribution in [0.4, 0.5) is 0 Å². The molecule has 1 aromatic heterocycles. The van der Waals surface area contributed by atoms with E-state index in [1.54, 1.807) is 50.8 Å². The van der Waals surface area contributed by atoms with Crippen LogP contribution in [0.3, 0.4) is 0 Å². The van der Waals surface area contributed by atoms with Gasteiger partial charge in [0.1, 0.15) is 17.5 Å². The van der Waals surface area contributed by atoms with E-state index in [0.717, 1.165) is 9.13 Å². The van der Waals surface area contributed by atoms with Crippen molar-refractivity contribution in [3.05, 3.63) is 88.1 Å². The van der Waals surface area contributed by atoms with Gasteiger partial charge < -0.3 is 14.2 Å². The topological polar surface area (TPSA) is 79.1 Å². The molecule has 0 spiro atoms. The van der Waals surface area contributed by atoms with E-state index in [1.165, 1.54) is 11.3 Å². The number of thiazole rings is 1. The second kappa shape index (κ2) is 10.1. The molecule has 3 aromatic rings. The Bertz CT molecular complexity index is 1470. The van der Waals surface area contributed by atoms with Crippen LogP contribution in [-0.4, -0.2) is 31.4 Å². The number of fused-ring (bicyclic) bond motifs is 1. The highest BCUT2D eigenvalue weighted by Gasteiger charge is 2.35. The highest BCUT2D eigenvalue weighted by molar-refractivity contribution is 14.1. The Morgan fingerprint density at radius 2 is 2.00 bits per heavy atom. The number of aromatic nitrogens is 1. The van der Waals surface area contributed by atoms with Gasteiger partial charge in [-0.05, 0) is 78.4 Å². The van der Waals surface area contributed by atoms with Crippen LogP contribution in [0.1, 0.15) is 31.0 Å². The summed E-state index contributed by atoms with van der Waals surface area (Å²) >= 11 is 3.52. The molecule has 0 fully saturated rings. The van der Waals surface area contributed by atoms with Crippen LogP contribution in [0.15, 0.2) is 63.5 Å². The molecule has 0 unspecified atom stereocenters. The fourth-order valence-electron chi connectivity index (χ4n) is 3.89. The van der Waals surface area contributed by atoms with Gasteiger partial charge >= 0.3 is 5.97 Å². The molecule has 0 amide bonds. The molecule has 9 heteroatoms. The summed E-state index contributed by atoms with van der Waals surface area (Å²) in [5.41, 5.74) is 2.07. The molecule has 0 saturated heterocycles. The molecule has 2 aromatic carbocycles. The van der Waals surface area contributed by atoms with Crippen LogP contribution in [0.5, 0.6) is 11.5 Å². The number of ether oxygens (including phenoxy) is 3. The Morgan fingerprint density at radius 3 is 2.68 bits per heavy atom. The van der Waals surface area contributed by atoms with Crippen molar-refractivity contribution in [3.8, 4) is 11.5 Å². The number of carbonyl (C=O) groups excluding carboxylic acids is 1. The number of hydrogen-bond acceptors (Lipinski definition) is 7. The smallest absolute Gasteiger partial charge is 0.338 e. The first-order valence-corrected chi connectivity index (χ1v) is 12.4. The summed E-state index contributed by atoms with van der Waals surface area (Å²) in [6.07, 6.45) is 1.84. The van der Waals surface area contributed by atoms with E-state index < -0.39 is 12.0 Å². The van der Waals surface area contributed by atoms with Crippen molar-refractivity contribution in [2.75, 3.05) is 20.8 Å². The van der Waals surface area contributed by atoms with Crippen molar-refractivity contribution in [2.24, 2.45) is 4.99 Å². The average molecular weight is 590 g/mol. The highest BCUT2D eigenvalue weighted by Crippen LogP contribution is 2.37. The molecular weight excluding hydrogens is 567 g/mol. The maximum absolute atomic E-state index is 13.7. The van der Waals surface area contributed by atoms with Crippen molar-refractivity contribution >= 4 is 46.0 Å². The van der Waals surface area contributed by atoms with Crippen LogP contribution in [0, 0.1) is 3.57 Å². The summed E-state index contributed by atoms with van der Waals surface area (Å²) in [6, 6.07) is 12.4. The molecule has 2 heterocycles. The zero-order valence-corrected chi connectivity index (χ0v) is 22.1. The fourth-order valence-corrected chi connectivity index (χ4v) is 5.50. The van der Waals surface area contributed by atoms with Gasteiger partial charge in [0.05, 0.1) is 36.6 Å². The molecule has 1 atom stereocenters. The van der Waals surface area contributed by atoms with E-state index in [-0.39, 0.29) is 12.2 Å². The van der Waals surface area contributed by atoms with Gasteiger partial charge in [0.2, 0.25) is 0 Å². The first kappa shape index (κ1) is 24.2. The third kappa shape index (κ3) is 4.54. The minimum absolute atomic E-state index is 0.203. The molecule has 4 rings (SSSR count). The van der Waals surface area contributed by atoms with E-state index in [9.17, 15) is 9.59 Å². The van der Waals surface area contributed by atoms with Gasteiger partial charge in [-0.3, -0.25) is 9.36 Å². The molecule has 34 heavy (non-hydrogen) atoms. The van der Waals surface area contributed by atoms with Crippen molar-refractivity contribution in [1.29, 1.82) is 0 Å².